The highest BCUT2D eigenvalue weighted by Crippen LogP contribution is 2.35. The number of ether oxygens (including phenoxy) is 2. The molecule has 5 nitrogen and oxygen atoms in total. The number of hydrogen-bond acceptors (Lipinski definition) is 4. The first-order valence-corrected chi connectivity index (χ1v) is 7.62. The molecule has 3 N–H and O–H groups in total. The number of methoxy groups -OCH3 is 1. The lowest BCUT2D eigenvalue weighted by atomic mass is 9.79. The van der Waals surface area contributed by atoms with Gasteiger partial charge < -0.3 is 20.5 Å². The van der Waals surface area contributed by atoms with Crippen molar-refractivity contribution in [3.63, 3.8) is 0 Å². The van der Waals surface area contributed by atoms with Gasteiger partial charge >= 0.3 is 6.18 Å². The van der Waals surface area contributed by atoms with Crippen molar-refractivity contribution in [2.24, 2.45) is 11.1 Å². The van der Waals surface area contributed by atoms with E-state index in [9.17, 15) is 18.0 Å². The molecule has 0 radical (unpaired) electrons. The number of alkyl halides is 3. The second-order valence-corrected chi connectivity index (χ2v) is 5.80. The molecule has 1 aliphatic heterocycles. The largest absolute Gasteiger partial charge is 0.497 e. The number of nitrogens with two attached hydrogens (primary N) is 1. The molecule has 0 atom stereocenters. The highest BCUT2D eigenvalue weighted by Gasteiger charge is 2.39. The summed E-state index contributed by atoms with van der Waals surface area (Å²) >= 11 is 0. The second-order valence-electron chi connectivity index (χ2n) is 5.80. The number of rotatable bonds is 5. The number of benzene rings is 1. The Balaban J connectivity index is 0.00000312. The lowest BCUT2D eigenvalue weighted by molar-refractivity contribution is -0.139. The van der Waals surface area contributed by atoms with Crippen LogP contribution in [0.25, 0.3) is 0 Å². The van der Waals surface area contributed by atoms with Crippen LogP contribution in [0.3, 0.4) is 0 Å². The number of amides is 1. The summed E-state index contributed by atoms with van der Waals surface area (Å²) in [6, 6.07) is 3.67. The summed E-state index contributed by atoms with van der Waals surface area (Å²) in [6.45, 7) is 0.749. The van der Waals surface area contributed by atoms with Crippen molar-refractivity contribution in [2.75, 3.05) is 26.9 Å². The van der Waals surface area contributed by atoms with Crippen LogP contribution in [0.1, 0.15) is 24.0 Å². The van der Waals surface area contributed by atoms with E-state index in [-0.39, 0.29) is 42.7 Å². The van der Waals surface area contributed by atoms with Crippen molar-refractivity contribution < 1.29 is 27.4 Å². The van der Waals surface area contributed by atoms with Crippen LogP contribution >= 0.6 is 12.4 Å². The average Bonchev–Trinajstić information content (AvgIpc) is 2.59. The number of nitrogens with one attached hydrogen (secondary N) is 1. The summed E-state index contributed by atoms with van der Waals surface area (Å²) < 4.78 is 49.6. The number of halogens is 4. The Morgan fingerprint density at radius 2 is 2.00 bits per heavy atom. The normalized spacial score (nSPS) is 16.7. The Morgan fingerprint density at radius 1 is 1.36 bits per heavy atom. The van der Waals surface area contributed by atoms with Crippen LogP contribution < -0.4 is 15.8 Å². The lowest BCUT2D eigenvalue weighted by Crippen LogP contribution is -2.49. The van der Waals surface area contributed by atoms with Crippen molar-refractivity contribution in [3.8, 4) is 5.75 Å². The molecule has 0 saturated carbocycles. The number of carbonyl (C=O) groups excluding carboxylic acids is 1. The number of carbonyl (C=O) groups is 1. The maximum atomic E-state index is 13.2. The van der Waals surface area contributed by atoms with Crippen molar-refractivity contribution >= 4 is 18.3 Å². The molecule has 1 aromatic carbocycles. The third-order valence-electron chi connectivity index (χ3n) is 4.38. The molecule has 0 bridgehead atoms. The minimum atomic E-state index is -4.53. The fourth-order valence-electron chi connectivity index (χ4n) is 2.75. The minimum Gasteiger partial charge on any atom is -0.497 e. The van der Waals surface area contributed by atoms with Crippen molar-refractivity contribution in [1.82, 2.24) is 5.32 Å². The summed E-state index contributed by atoms with van der Waals surface area (Å²) in [6.07, 6.45) is -3.60. The summed E-state index contributed by atoms with van der Waals surface area (Å²) in [5.41, 5.74) is 4.12. The Labute approximate surface area is 150 Å². The van der Waals surface area contributed by atoms with E-state index in [0.29, 0.717) is 26.1 Å². The molecule has 0 aromatic heterocycles. The van der Waals surface area contributed by atoms with Gasteiger partial charge in [-0.05, 0) is 30.5 Å². The summed E-state index contributed by atoms with van der Waals surface area (Å²) in [7, 11) is 1.30. The molecule has 1 saturated heterocycles. The first kappa shape index (κ1) is 21.5. The molecular weight excluding hydrogens is 361 g/mol. The fourth-order valence-corrected chi connectivity index (χ4v) is 2.75. The van der Waals surface area contributed by atoms with E-state index in [1.54, 1.807) is 0 Å². The van der Waals surface area contributed by atoms with Crippen molar-refractivity contribution in [3.05, 3.63) is 29.3 Å². The van der Waals surface area contributed by atoms with Crippen LogP contribution in [0.2, 0.25) is 0 Å². The van der Waals surface area contributed by atoms with Gasteiger partial charge in [0.2, 0.25) is 5.91 Å². The highest BCUT2D eigenvalue weighted by molar-refractivity contribution is 5.85. The zero-order chi connectivity index (χ0) is 17.8. The Morgan fingerprint density at radius 3 is 2.52 bits per heavy atom. The van der Waals surface area contributed by atoms with Gasteiger partial charge in [-0.2, -0.15) is 13.2 Å². The molecular formula is C16H22ClF3N2O3. The molecule has 1 aromatic rings. The first-order chi connectivity index (χ1) is 11.3. The van der Waals surface area contributed by atoms with Crippen molar-refractivity contribution in [2.45, 2.75) is 25.6 Å². The first-order valence-electron chi connectivity index (χ1n) is 7.62. The van der Waals surface area contributed by atoms with Crippen LogP contribution in [0.4, 0.5) is 13.2 Å². The van der Waals surface area contributed by atoms with Gasteiger partial charge in [0.15, 0.2) is 0 Å². The van der Waals surface area contributed by atoms with Gasteiger partial charge in [-0.15, -0.1) is 12.4 Å². The predicted molar refractivity (Wildman–Crippen MR) is 88.6 cm³/mol. The third kappa shape index (κ3) is 4.99. The molecule has 1 fully saturated rings. The van der Waals surface area contributed by atoms with E-state index in [1.165, 1.54) is 19.2 Å². The zero-order valence-corrected chi connectivity index (χ0v) is 14.6. The van der Waals surface area contributed by atoms with Gasteiger partial charge in [-0.1, -0.05) is 6.07 Å². The van der Waals surface area contributed by atoms with Crippen LogP contribution in [0.15, 0.2) is 18.2 Å². The fraction of sp³-hybridized carbons (Fsp3) is 0.562. The van der Waals surface area contributed by atoms with Gasteiger partial charge in [0, 0.05) is 26.3 Å². The van der Waals surface area contributed by atoms with E-state index in [1.807, 2.05) is 0 Å². The van der Waals surface area contributed by atoms with Crippen LogP contribution in [0.5, 0.6) is 5.75 Å². The summed E-state index contributed by atoms with van der Waals surface area (Å²) in [4.78, 5) is 12.5. The molecule has 1 aliphatic rings. The van der Waals surface area contributed by atoms with Crippen LogP contribution in [0, 0.1) is 5.41 Å². The Kier molecular flexibility index (Phi) is 7.52. The molecule has 2 rings (SSSR count). The molecule has 0 spiro atoms. The zero-order valence-electron chi connectivity index (χ0n) is 13.8. The maximum Gasteiger partial charge on any atom is 0.416 e. The minimum absolute atomic E-state index is 0. The monoisotopic (exact) mass is 382 g/mol. The molecule has 0 aliphatic carbocycles. The van der Waals surface area contributed by atoms with Gasteiger partial charge in [0.1, 0.15) is 5.75 Å². The predicted octanol–water partition coefficient (Wildman–Crippen LogP) is 2.51. The highest BCUT2D eigenvalue weighted by atomic mass is 35.5. The van der Waals surface area contributed by atoms with E-state index in [0.717, 1.165) is 6.07 Å². The third-order valence-corrected chi connectivity index (χ3v) is 4.38. The van der Waals surface area contributed by atoms with E-state index >= 15 is 0 Å². The molecule has 9 heteroatoms. The molecule has 25 heavy (non-hydrogen) atoms. The number of hydrogen-bond donors (Lipinski definition) is 2. The van der Waals surface area contributed by atoms with Gasteiger partial charge in [-0.25, -0.2) is 0 Å². The second kappa shape index (κ2) is 8.73. The smallest absolute Gasteiger partial charge is 0.416 e. The van der Waals surface area contributed by atoms with Gasteiger partial charge in [0.25, 0.3) is 0 Å². The Bertz CT molecular complexity index is 590. The van der Waals surface area contributed by atoms with E-state index < -0.39 is 17.2 Å². The summed E-state index contributed by atoms with van der Waals surface area (Å²) in [5.74, 6) is -0.225. The van der Waals surface area contributed by atoms with Crippen LogP contribution in [-0.2, 0) is 22.3 Å². The molecule has 0 unspecified atom stereocenters. The van der Waals surface area contributed by atoms with E-state index in [4.69, 9.17) is 15.2 Å². The quantitative estimate of drug-likeness (QED) is 0.820. The maximum absolute atomic E-state index is 13.2. The topological polar surface area (TPSA) is 73.6 Å². The standard InChI is InChI=1S/C16H21F3N2O3.ClH/c1-23-12-3-2-11(13(8-12)16(17,18)19)9-21-14(22)15(10-20)4-6-24-7-5-15;/h2-3,8H,4-7,9-10,20H2,1H3,(H,21,22);1H. The van der Waals surface area contributed by atoms with Crippen LogP contribution in [-0.4, -0.2) is 32.8 Å². The molecule has 142 valence electrons. The molecule has 1 heterocycles. The lowest BCUT2D eigenvalue weighted by Gasteiger charge is -2.34. The Hall–Kier alpha value is -1.51. The van der Waals surface area contributed by atoms with Gasteiger partial charge in [-0.3, -0.25) is 4.79 Å². The van der Waals surface area contributed by atoms with Gasteiger partial charge in [0.05, 0.1) is 18.1 Å². The SMILES string of the molecule is COc1ccc(CNC(=O)C2(CN)CCOCC2)c(C(F)(F)F)c1.Cl. The summed E-state index contributed by atoms with van der Waals surface area (Å²) in [5, 5.41) is 2.60. The van der Waals surface area contributed by atoms with Crippen molar-refractivity contribution in [1.29, 1.82) is 0 Å². The van der Waals surface area contributed by atoms with E-state index in [2.05, 4.69) is 5.32 Å². The average molecular weight is 383 g/mol. The molecule has 1 amide bonds.